The fourth-order valence-electron chi connectivity index (χ4n) is 1.08. The molecule has 1 aliphatic carbocycles. The van der Waals surface area contributed by atoms with Gasteiger partial charge in [0.1, 0.15) is 5.25 Å². The van der Waals surface area contributed by atoms with Crippen LogP contribution in [0.3, 0.4) is 0 Å². The van der Waals surface area contributed by atoms with E-state index in [2.05, 4.69) is 12.6 Å². The zero-order valence-corrected chi connectivity index (χ0v) is 5.93. The predicted octanol–water partition coefficient (Wildman–Crippen LogP) is 0.301. The van der Waals surface area contributed by atoms with Crippen LogP contribution in [-0.2, 0) is 12.6 Å². The zero-order valence-electron chi connectivity index (χ0n) is 4.93. The van der Waals surface area contributed by atoms with E-state index in [9.17, 15) is 0 Å². The average Bonchev–Trinajstić information content (AvgIpc) is 1.77. The predicted molar refractivity (Wildman–Crippen MR) is 38.4 cm³/mol. The second kappa shape index (κ2) is 2.74. The summed E-state index contributed by atoms with van der Waals surface area (Å²) in [5, 5.41) is 9.67. The van der Waals surface area contributed by atoms with Crippen LogP contribution in [0.1, 0.15) is 25.7 Å². The normalized spacial score (nSPS) is 39.8. The molecule has 1 aliphatic rings. The first-order valence-corrected chi connectivity index (χ1v) is 3.76. The van der Waals surface area contributed by atoms with Gasteiger partial charge in [0.25, 0.3) is 0 Å². The standard InChI is InChI=1S/C6H12OS/c7-5-1-3-6(8)4-2-5/h5-8H,1-4H2/p+1. The molecule has 0 unspecified atom stereocenters. The highest BCUT2D eigenvalue weighted by Crippen LogP contribution is 2.18. The van der Waals surface area contributed by atoms with Gasteiger partial charge in [-0.2, -0.15) is 0 Å². The van der Waals surface area contributed by atoms with Crippen LogP contribution in [0, 0.1) is 0 Å². The third-order valence-corrected chi connectivity index (χ3v) is 2.27. The second-order valence-electron chi connectivity index (χ2n) is 2.51. The summed E-state index contributed by atoms with van der Waals surface area (Å²) in [5.74, 6) is 0. The summed E-state index contributed by atoms with van der Waals surface area (Å²) in [7, 11) is 0. The lowest BCUT2D eigenvalue weighted by molar-refractivity contribution is 0.132. The lowest BCUT2D eigenvalue weighted by Gasteiger charge is -2.17. The Morgan fingerprint density at radius 2 is 1.62 bits per heavy atom. The summed E-state index contributed by atoms with van der Waals surface area (Å²) in [5.41, 5.74) is 0. The van der Waals surface area contributed by atoms with E-state index < -0.39 is 0 Å². The van der Waals surface area contributed by atoms with Crippen LogP contribution in [0.2, 0.25) is 0 Å². The molecule has 0 aromatic heterocycles. The van der Waals surface area contributed by atoms with Crippen LogP contribution >= 0.6 is 0 Å². The molecule has 0 aromatic rings. The monoisotopic (exact) mass is 133 g/mol. The van der Waals surface area contributed by atoms with E-state index in [0.29, 0.717) is 5.25 Å². The van der Waals surface area contributed by atoms with Gasteiger partial charge in [-0.25, -0.2) is 0 Å². The molecule has 1 fully saturated rings. The van der Waals surface area contributed by atoms with Gasteiger partial charge in [-0.15, -0.1) is 0 Å². The van der Waals surface area contributed by atoms with Crippen molar-refractivity contribution in [1.82, 2.24) is 0 Å². The maximum absolute atomic E-state index is 9.01. The number of rotatable bonds is 0. The van der Waals surface area contributed by atoms with Crippen molar-refractivity contribution in [1.29, 1.82) is 0 Å². The van der Waals surface area contributed by atoms with Gasteiger partial charge < -0.3 is 5.11 Å². The van der Waals surface area contributed by atoms with E-state index in [1.54, 1.807) is 0 Å². The van der Waals surface area contributed by atoms with Crippen molar-refractivity contribution in [3.05, 3.63) is 0 Å². The molecule has 8 heavy (non-hydrogen) atoms. The molecule has 0 heterocycles. The number of aliphatic hydroxyl groups is 1. The summed E-state index contributed by atoms with van der Waals surface area (Å²) < 4.78 is 0. The highest BCUT2D eigenvalue weighted by Gasteiger charge is 2.19. The Balaban J connectivity index is 2.19. The third kappa shape index (κ3) is 1.67. The molecule has 2 heteroatoms. The van der Waals surface area contributed by atoms with Crippen LogP contribution < -0.4 is 0 Å². The maximum atomic E-state index is 9.01. The number of aliphatic hydroxyl groups excluding tert-OH is 1. The average molecular weight is 133 g/mol. The van der Waals surface area contributed by atoms with E-state index in [1.807, 2.05) is 0 Å². The Morgan fingerprint density at radius 3 is 2.00 bits per heavy atom. The van der Waals surface area contributed by atoms with E-state index in [-0.39, 0.29) is 6.10 Å². The van der Waals surface area contributed by atoms with Crippen LogP contribution in [0.25, 0.3) is 0 Å². The summed E-state index contributed by atoms with van der Waals surface area (Å²) in [6, 6.07) is 0. The zero-order chi connectivity index (χ0) is 5.98. The molecule has 0 aliphatic heterocycles. The molecule has 0 bridgehead atoms. The van der Waals surface area contributed by atoms with Crippen molar-refractivity contribution in [3.8, 4) is 0 Å². The Morgan fingerprint density at radius 1 is 1.12 bits per heavy atom. The van der Waals surface area contributed by atoms with E-state index in [0.717, 1.165) is 25.7 Å². The van der Waals surface area contributed by atoms with Crippen molar-refractivity contribution >= 4 is 12.6 Å². The molecule has 1 nitrogen and oxygen atoms in total. The molecule has 0 spiro atoms. The molecule has 0 aromatic carbocycles. The number of hydrogen-bond donors (Lipinski definition) is 1. The fourth-order valence-corrected chi connectivity index (χ4v) is 1.41. The first-order valence-electron chi connectivity index (χ1n) is 3.18. The van der Waals surface area contributed by atoms with Gasteiger partial charge in [-0.1, -0.05) is 0 Å². The first-order chi connectivity index (χ1) is 3.79. The topological polar surface area (TPSA) is 20.2 Å². The van der Waals surface area contributed by atoms with Crippen molar-refractivity contribution < 1.29 is 5.11 Å². The minimum Gasteiger partial charge on any atom is -0.393 e. The van der Waals surface area contributed by atoms with Gasteiger partial charge in [0.2, 0.25) is 0 Å². The lowest BCUT2D eigenvalue weighted by atomic mass is 9.98. The van der Waals surface area contributed by atoms with Gasteiger partial charge in [0.15, 0.2) is 0 Å². The third-order valence-electron chi connectivity index (χ3n) is 1.70. The molecular formula is C6H13OS+. The maximum Gasteiger partial charge on any atom is 0.113 e. The van der Waals surface area contributed by atoms with Crippen molar-refractivity contribution in [3.63, 3.8) is 0 Å². The largest absolute Gasteiger partial charge is 0.393 e. The Labute approximate surface area is 55.5 Å². The van der Waals surface area contributed by atoms with Gasteiger partial charge in [-0.3, -0.25) is 0 Å². The molecule has 0 saturated heterocycles. The summed E-state index contributed by atoms with van der Waals surface area (Å²) in [4.78, 5) is 0. The van der Waals surface area contributed by atoms with Crippen LogP contribution in [-0.4, -0.2) is 16.5 Å². The Kier molecular flexibility index (Phi) is 2.20. The first kappa shape index (κ1) is 6.43. The number of hydrogen-bond acceptors (Lipinski definition) is 1. The molecule has 1 N–H and O–H groups in total. The summed E-state index contributed by atoms with van der Waals surface area (Å²) >= 11 is 3.55. The van der Waals surface area contributed by atoms with E-state index in [1.165, 1.54) is 0 Å². The minimum atomic E-state index is -0.0115. The quantitative estimate of drug-likeness (QED) is 0.471. The van der Waals surface area contributed by atoms with Gasteiger partial charge in [0, 0.05) is 0 Å². The van der Waals surface area contributed by atoms with Crippen LogP contribution in [0.4, 0.5) is 0 Å². The van der Waals surface area contributed by atoms with Gasteiger partial charge in [0.05, 0.1) is 6.10 Å². The van der Waals surface area contributed by atoms with Crippen molar-refractivity contribution in [2.75, 3.05) is 0 Å². The van der Waals surface area contributed by atoms with E-state index in [4.69, 9.17) is 5.11 Å². The fraction of sp³-hybridized carbons (Fsp3) is 1.00. The highest BCUT2D eigenvalue weighted by atomic mass is 32.1. The van der Waals surface area contributed by atoms with E-state index >= 15 is 0 Å². The Bertz CT molecular complexity index is 56.9. The molecule has 0 atom stereocenters. The highest BCUT2D eigenvalue weighted by molar-refractivity contribution is 7.59. The van der Waals surface area contributed by atoms with Crippen molar-refractivity contribution in [2.24, 2.45) is 0 Å². The molecule has 0 amide bonds. The smallest absolute Gasteiger partial charge is 0.113 e. The molecule has 1 rings (SSSR count). The molecule has 1 saturated carbocycles. The van der Waals surface area contributed by atoms with Gasteiger partial charge in [-0.05, 0) is 38.3 Å². The van der Waals surface area contributed by atoms with Crippen LogP contribution in [0.5, 0.6) is 0 Å². The van der Waals surface area contributed by atoms with Crippen molar-refractivity contribution in [2.45, 2.75) is 37.0 Å². The van der Waals surface area contributed by atoms with Crippen LogP contribution in [0.15, 0.2) is 0 Å². The molecular weight excluding hydrogens is 120 g/mol. The molecule has 48 valence electrons. The lowest BCUT2D eigenvalue weighted by Crippen LogP contribution is -2.19. The summed E-state index contributed by atoms with van der Waals surface area (Å²) in [6.45, 7) is 0. The second-order valence-corrected chi connectivity index (χ2v) is 3.32. The summed E-state index contributed by atoms with van der Waals surface area (Å²) in [6.07, 6.45) is 4.22. The SMILES string of the molecule is OC1CCC([SH2+])CC1. The molecule has 0 radical (unpaired) electrons. The van der Waals surface area contributed by atoms with Gasteiger partial charge >= 0.3 is 0 Å². The minimum absolute atomic E-state index is 0.0115. The Hall–Kier alpha value is 0.310.